The van der Waals surface area contributed by atoms with Crippen molar-refractivity contribution in [2.45, 2.75) is 65.1 Å². The number of hydrogen-bond donors (Lipinski definition) is 1. The quantitative estimate of drug-likeness (QED) is 0.273. The van der Waals surface area contributed by atoms with Gasteiger partial charge in [0.2, 0.25) is 21.8 Å². The summed E-state index contributed by atoms with van der Waals surface area (Å²) in [5.41, 5.74) is 0.951. The molecule has 2 amide bonds. The van der Waals surface area contributed by atoms with E-state index in [2.05, 4.69) is 5.32 Å². The fraction of sp³-hybridized carbons (Fsp3) is 0.462. The maximum Gasteiger partial charge on any atom is 0.243 e. The van der Waals surface area contributed by atoms with Gasteiger partial charge in [0.05, 0.1) is 27.0 Å². The number of benzene rings is 2. The van der Waals surface area contributed by atoms with Gasteiger partial charge in [-0.2, -0.15) is 0 Å². The van der Waals surface area contributed by atoms with Crippen LogP contribution in [0.25, 0.3) is 0 Å². The summed E-state index contributed by atoms with van der Waals surface area (Å²) < 4.78 is 26.2. The van der Waals surface area contributed by atoms with Crippen LogP contribution in [-0.2, 0) is 26.2 Å². The van der Waals surface area contributed by atoms with E-state index in [1.807, 2.05) is 20.8 Å². The van der Waals surface area contributed by atoms with Gasteiger partial charge >= 0.3 is 0 Å². The Morgan fingerprint density at radius 1 is 0.947 bits per heavy atom. The molecular weight excluding hydrogens is 592 g/mol. The summed E-state index contributed by atoms with van der Waals surface area (Å²) in [6.07, 6.45) is 2.39. The van der Waals surface area contributed by atoms with Gasteiger partial charge in [-0.25, -0.2) is 8.42 Å². The second-order valence-corrected chi connectivity index (χ2v) is 12.6. The Labute approximate surface area is 245 Å². The minimum atomic E-state index is -3.71. The first-order valence-corrected chi connectivity index (χ1v) is 15.6. The minimum Gasteiger partial charge on any atom is -0.352 e. The highest BCUT2D eigenvalue weighted by atomic mass is 35.5. The van der Waals surface area contributed by atoms with E-state index >= 15 is 0 Å². The number of hydrogen-bond acceptors (Lipinski definition) is 4. The Hall–Kier alpha value is -1.71. The fourth-order valence-corrected chi connectivity index (χ4v) is 5.58. The van der Waals surface area contributed by atoms with Crippen LogP contribution in [0.15, 0.2) is 36.4 Å². The van der Waals surface area contributed by atoms with Gasteiger partial charge in [-0.05, 0) is 62.1 Å². The van der Waals surface area contributed by atoms with E-state index in [1.165, 1.54) is 17.0 Å². The molecule has 210 valence electrons. The Balaban J connectivity index is 2.29. The largest absolute Gasteiger partial charge is 0.352 e. The molecule has 0 saturated carbocycles. The fourth-order valence-electron chi connectivity index (χ4n) is 3.85. The average Bonchev–Trinajstić information content (AvgIpc) is 2.84. The molecule has 0 bridgehead atoms. The maximum absolute atomic E-state index is 13.5. The lowest BCUT2D eigenvalue weighted by Gasteiger charge is -2.32. The second kappa shape index (κ2) is 14.6. The summed E-state index contributed by atoms with van der Waals surface area (Å²) in [7, 11) is -3.71. The number of nitrogens with zero attached hydrogens (tertiary/aromatic N) is 2. The van der Waals surface area contributed by atoms with Crippen molar-refractivity contribution >= 4 is 73.9 Å². The van der Waals surface area contributed by atoms with Gasteiger partial charge in [0.25, 0.3) is 0 Å². The third kappa shape index (κ3) is 9.19. The van der Waals surface area contributed by atoms with Gasteiger partial charge in [-0.1, -0.05) is 66.3 Å². The van der Waals surface area contributed by atoms with Gasteiger partial charge in [-0.3, -0.25) is 13.9 Å². The van der Waals surface area contributed by atoms with E-state index < -0.39 is 16.1 Å². The van der Waals surface area contributed by atoms with Crippen LogP contribution in [0.5, 0.6) is 0 Å². The molecule has 38 heavy (non-hydrogen) atoms. The standard InChI is InChI=1S/C26H33Cl4N3O4S/c1-5-17(3)31-26(35)23(6-2)32(16-18-9-11-20(28)22(30)14-18)25(34)8-7-13-33(38(4,36)37)24-15-19(27)10-12-21(24)29/h9-12,14-15,17,23H,5-8,13,16H2,1-4H3,(H,31,35)/t17-,23-/m0/s1. The van der Waals surface area contributed by atoms with Gasteiger partial charge in [0.1, 0.15) is 6.04 Å². The molecule has 7 nitrogen and oxygen atoms in total. The lowest BCUT2D eigenvalue weighted by molar-refractivity contribution is -0.141. The smallest absolute Gasteiger partial charge is 0.243 e. The van der Waals surface area contributed by atoms with Crippen molar-refractivity contribution < 1.29 is 18.0 Å². The van der Waals surface area contributed by atoms with Crippen molar-refractivity contribution in [1.29, 1.82) is 0 Å². The van der Waals surface area contributed by atoms with Gasteiger partial charge in [0.15, 0.2) is 0 Å². The molecule has 2 aromatic rings. The lowest BCUT2D eigenvalue weighted by atomic mass is 10.1. The highest BCUT2D eigenvalue weighted by Crippen LogP contribution is 2.31. The SMILES string of the molecule is CC[C@H](C)NC(=O)[C@H](CC)N(Cc1ccc(Cl)c(Cl)c1)C(=O)CCCN(c1cc(Cl)ccc1Cl)S(C)(=O)=O. The predicted octanol–water partition coefficient (Wildman–Crippen LogP) is 6.57. The number of amides is 2. The molecule has 0 aliphatic rings. The third-order valence-corrected chi connectivity index (χ3v) is 8.53. The molecule has 0 aromatic heterocycles. The number of nitrogens with one attached hydrogen (secondary N) is 1. The molecule has 0 fully saturated rings. The predicted molar refractivity (Wildman–Crippen MR) is 157 cm³/mol. The molecule has 0 aliphatic heterocycles. The molecule has 1 N–H and O–H groups in total. The minimum absolute atomic E-state index is 0.00110. The van der Waals surface area contributed by atoms with E-state index in [-0.39, 0.29) is 54.5 Å². The number of carbonyl (C=O) groups excluding carboxylic acids is 2. The first-order chi connectivity index (χ1) is 17.8. The highest BCUT2D eigenvalue weighted by Gasteiger charge is 2.29. The van der Waals surface area contributed by atoms with E-state index in [9.17, 15) is 18.0 Å². The summed E-state index contributed by atoms with van der Waals surface area (Å²) in [4.78, 5) is 28.1. The van der Waals surface area contributed by atoms with Crippen LogP contribution in [0.4, 0.5) is 5.69 Å². The van der Waals surface area contributed by atoms with Crippen LogP contribution in [-0.4, -0.2) is 50.0 Å². The molecule has 2 aromatic carbocycles. The number of carbonyl (C=O) groups is 2. The Morgan fingerprint density at radius 2 is 1.61 bits per heavy atom. The molecule has 0 saturated heterocycles. The van der Waals surface area contributed by atoms with Crippen molar-refractivity contribution in [2.24, 2.45) is 0 Å². The number of anilines is 1. The molecule has 0 radical (unpaired) electrons. The highest BCUT2D eigenvalue weighted by molar-refractivity contribution is 7.92. The average molecular weight is 625 g/mol. The normalized spacial score (nSPS) is 13.1. The van der Waals surface area contributed by atoms with Crippen LogP contribution < -0.4 is 9.62 Å². The Morgan fingerprint density at radius 3 is 2.18 bits per heavy atom. The van der Waals surface area contributed by atoms with E-state index in [1.54, 1.807) is 24.3 Å². The zero-order valence-corrected chi connectivity index (χ0v) is 25.6. The van der Waals surface area contributed by atoms with Crippen LogP contribution in [0.1, 0.15) is 52.0 Å². The van der Waals surface area contributed by atoms with E-state index in [4.69, 9.17) is 46.4 Å². The number of rotatable bonds is 13. The molecular formula is C26H33Cl4N3O4S. The topological polar surface area (TPSA) is 86.8 Å². The zero-order chi connectivity index (χ0) is 28.6. The van der Waals surface area contributed by atoms with Gasteiger partial charge in [-0.15, -0.1) is 0 Å². The number of halogens is 4. The first kappa shape index (κ1) is 32.5. The molecule has 2 atom stereocenters. The van der Waals surface area contributed by atoms with Crippen molar-refractivity contribution in [3.8, 4) is 0 Å². The molecule has 0 heterocycles. The maximum atomic E-state index is 13.5. The van der Waals surface area contributed by atoms with Crippen LogP contribution in [0.3, 0.4) is 0 Å². The molecule has 0 aliphatic carbocycles. The lowest BCUT2D eigenvalue weighted by Crippen LogP contribution is -2.50. The van der Waals surface area contributed by atoms with Crippen molar-refractivity contribution in [2.75, 3.05) is 17.1 Å². The number of sulfonamides is 1. The molecule has 2 rings (SSSR count). The molecule has 0 unspecified atom stereocenters. The monoisotopic (exact) mass is 623 g/mol. The summed E-state index contributed by atoms with van der Waals surface area (Å²) in [5, 5.41) is 4.24. The zero-order valence-electron chi connectivity index (χ0n) is 21.8. The second-order valence-electron chi connectivity index (χ2n) is 9.05. The summed E-state index contributed by atoms with van der Waals surface area (Å²) >= 11 is 24.6. The summed E-state index contributed by atoms with van der Waals surface area (Å²) in [6, 6.07) is 8.83. The molecule has 12 heteroatoms. The van der Waals surface area contributed by atoms with E-state index in [0.29, 0.717) is 27.1 Å². The van der Waals surface area contributed by atoms with Gasteiger partial charge in [0, 0.05) is 30.6 Å². The van der Waals surface area contributed by atoms with Crippen LogP contribution in [0.2, 0.25) is 20.1 Å². The van der Waals surface area contributed by atoms with Crippen molar-refractivity contribution in [3.63, 3.8) is 0 Å². The Bertz CT molecular complexity index is 1240. The summed E-state index contributed by atoms with van der Waals surface area (Å²) in [6.45, 7) is 5.84. The van der Waals surface area contributed by atoms with Crippen LogP contribution >= 0.6 is 46.4 Å². The first-order valence-electron chi connectivity index (χ1n) is 12.2. The van der Waals surface area contributed by atoms with E-state index in [0.717, 1.165) is 17.0 Å². The Kier molecular flexibility index (Phi) is 12.5. The van der Waals surface area contributed by atoms with Crippen LogP contribution in [0, 0.1) is 0 Å². The van der Waals surface area contributed by atoms with Crippen molar-refractivity contribution in [3.05, 3.63) is 62.1 Å². The molecule has 0 spiro atoms. The van der Waals surface area contributed by atoms with Gasteiger partial charge < -0.3 is 10.2 Å². The summed E-state index contributed by atoms with van der Waals surface area (Å²) in [5.74, 6) is -0.549. The van der Waals surface area contributed by atoms with Crippen molar-refractivity contribution in [1.82, 2.24) is 10.2 Å². The third-order valence-electron chi connectivity index (χ3n) is 6.05.